The number of nitrogens with one attached hydrogen (secondary N) is 1. The summed E-state index contributed by atoms with van der Waals surface area (Å²) in [7, 11) is 0. The van der Waals surface area contributed by atoms with E-state index in [1.807, 2.05) is 0 Å². The van der Waals surface area contributed by atoms with E-state index in [0.29, 0.717) is 12.0 Å². The van der Waals surface area contributed by atoms with Crippen LogP contribution in [0.3, 0.4) is 0 Å². The fraction of sp³-hybridized carbons (Fsp3) is 0.667. The summed E-state index contributed by atoms with van der Waals surface area (Å²) >= 11 is 0. The number of ether oxygens (including phenoxy) is 1. The first kappa shape index (κ1) is 17.2. The van der Waals surface area contributed by atoms with Gasteiger partial charge in [0, 0.05) is 6.04 Å². The Bertz CT molecular complexity index is 375. The molecule has 1 atom stereocenters. The maximum absolute atomic E-state index is 5.92. The van der Waals surface area contributed by atoms with Crippen LogP contribution >= 0.6 is 0 Å². The van der Waals surface area contributed by atoms with E-state index >= 15 is 0 Å². The van der Waals surface area contributed by atoms with Crippen molar-refractivity contribution in [2.75, 3.05) is 13.2 Å². The Morgan fingerprint density at radius 1 is 1.10 bits per heavy atom. The van der Waals surface area contributed by atoms with Crippen LogP contribution in [0.4, 0.5) is 0 Å². The highest BCUT2D eigenvalue weighted by atomic mass is 16.5. The summed E-state index contributed by atoms with van der Waals surface area (Å²) < 4.78 is 5.92. The van der Waals surface area contributed by atoms with Gasteiger partial charge in [-0.15, -0.1) is 0 Å². The third-order valence-corrected chi connectivity index (χ3v) is 3.34. The maximum atomic E-state index is 5.92. The van der Waals surface area contributed by atoms with E-state index in [4.69, 9.17) is 4.74 Å². The van der Waals surface area contributed by atoms with Crippen LogP contribution in [-0.2, 0) is 11.2 Å². The molecule has 1 N–H and O–H groups in total. The fourth-order valence-electron chi connectivity index (χ4n) is 2.15. The van der Waals surface area contributed by atoms with Crippen LogP contribution in [0, 0.1) is 0 Å². The molecule has 0 saturated carbocycles. The molecule has 2 heteroatoms. The predicted molar refractivity (Wildman–Crippen MR) is 87.4 cm³/mol. The molecule has 0 spiro atoms. The molecule has 1 aromatic carbocycles. The first-order chi connectivity index (χ1) is 9.31. The molecule has 0 aliphatic rings. The van der Waals surface area contributed by atoms with Gasteiger partial charge in [-0.3, -0.25) is 0 Å². The SMILES string of the molecule is CCNC(COC(C)(C)C)Cc1ccc(C(C)C)cc1. The minimum atomic E-state index is -0.0742. The Balaban J connectivity index is 2.60. The zero-order chi connectivity index (χ0) is 15.2. The summed E-state index contributed by atoms with van der Waals surface area (Å²) in [5, 5.41) is 3.52. The minimum absolute atomic E-state index is 0.0742. The van der Waals surface area contributed by atoms with Crippen molar-refractivity contribution in [3.05, 3.63) is 35.4 Å². The number of hydrogen-bond acceptors (Lipinski definition) is 2. The van der Waals surface area contributed by atoms with Crippen LogP contribution in [0.1, 0.15) is 58.6 Å². The van der Waals surface area contributed by atoms with Crippen molar-refractivity contribution in [2.45, 2.75) is 65.5 Å². The number of rotatable bonds is 7. The van der Waals surface area contributed by atoms with E-state index in [0.717, 1.165) is 19.6 Å². The van der Waals surface area contributed by atoms with Crippen molar-refractivity contribution in [2.24, 2.45) is 0 Å². The van der Waals surface area contributed by atoms with Gasteiger partial charge in [0.25, 0.3) is 0 Å². The van der Waals surface area contributed by atoms with Crippen LogP contribution < -0.4 is 5.32 Å². The van der Waals surface area contributed by atoms with Crippen molar-refractivity contribution in [1.82, 2.24) is 5.32 Å². The zero-order valence-electron chi connectivity index (χ0n) is 14.0. The van der Waals surface area contributed by atoms with E-state index in [-0.39, 0.29) is 5.60 Å². The monoisotopic (exact) mass is 277 g/mol. The normalized spacial score (nSPS) is 13.8. The van der Waals surface area contributed by atoms with Gasteiger partial charge in [-0.1, -0.05) is 45.0 Å². The van der Waals surface area contributed by atoms with E-state index in [1.54, 1.807) is 0 Å². The second-order valence-electron chi connectivity index (χ2n) is 6.78. The number of hydrogen-bond donors (Lipinski definition) is 1. The lowest BCUT2D eigenvalue weighted by Gasteiger charge is -2.25. The quantitative estimate of drug-likeness (QED) is 0.808. The van der Waals surface area contributed by atoms with Crippen LogP contribution in [0.15, 0.2) is 24.3 Å². The van der Waals surface area contributed by atoms with Crippen LogP contribution in [0.25, 0.3) is 0 Å². The zero-order valence-corrected chi connectivity index (χ0v) is 14.0. The molecule has 0 saturated heterocycles. The Morgan fingerprint density at radius 2 is 1.70 bits per heavy atom. The Kier molecular flexibility index (Phi) is 6.70. The molecule has 0 aromatic heterocycles. The highest BCUT2D eigenvalue weighted by Crippen LogP contribution is 2.16. The number of benzene rings is 1. The molecule has 0 bridgehead atoms. The largest absolute Gasteiger partial charge is 0.374 e. The molecule has 1 unspecified atom stereocenters. The van der Waals surface area contributed by atoms with Crippen LogP contribution in [0.2, 0.25) is 0 Å². The molecule has 2 nitrogen and oxygen atoms in total. The Hall–Kier alpha value is -0.860. The van der Waals surface area contributed by atoms with E-state index in [1.165, 1.54) is 11.1 Å². The molecule has 0 aliphatic heterocycles. The average Bonchev–Trinajstić information content (AvgIpc) is 2.36. The van der Waals surface area contributed by atoms with Gasteiger partial charge >= 0.3 is 0 Å². The molecule has 0 fully saturated rings. The lowest BCUT2D eigenvalue weighted by atomic mass is 9.99. The highest BCUT2D eigenvalue weighted by Gasteiger charge is 2.15. The van der Waals surface area contributed by atoms with Crippen molar-refractivity contribution in [3.8, 4) is 0 Å². The second kappa shape index (κ2) is 7.80. The average molecular weight is 277 g/mol. The maximum Gasteiger partial charge on any atom is 0.0629 e. The summed E-state index contributed by atoms with van der Waals surface area (Å²) in [6, 6.07) is 9.36. The lowest BCUT2D eigenvalue weighted by Crippen LogP contribution is -2.38. The third-order valence-electron chi connectivity index (χ3n) is 3.34. The summed E-state index contributed by atoms with van der Waals surface area (Å²) in [5.41, 5.74) is 2.70. The third kappa shape index (κ3) is 6.53. The summed E-state index contributed by atoms with van der Waals surface area (Å²) in [5.74, 6) is 0.595. The standard InChI is InChI=1S/C18H31NO/c1-7-19-17(13-20-18(4,5)6)12-15-8-10-16(11-9-15)14(2)3/h8-11,14,17,19H,7,12-13H2,1-6H3. The molecule has 0 heterocycles. The van der Waals surface area contributed by atoms with Gasteiger partial charge in [-0.05, 0) is 50.8 Å². The molecular weight excluding hydrogens is 246 g/mol. The Labute approximate surface area is 124 Å². The predicted octanol–water partition coefficient (Wildman–Crippen LogP) is 4.15. The second-order valence-corrected chi connectivity index (χ2v) is 6.78. The number of likely N-dealkylation sites (N-methyl/N-ethyl adjacent to an activating group) is 1. The van der Waals surface area contributed by atoms with Crippen molar-refractivity contribution >= 4 is 0 Å². The molecule has 0 aliphatic carbocycles. The highest BCUT2D eigenvalue weighted by molar-refractivity contribution is 5.25. The van der Waals surface area contributed by atoms with Gasteiger partial charge < -0.3 is 10.1 Å². The van der Waals surface area contributed by atoms with Gasteiger partial charge in [0.1, 0.15) is 0 Å². The summed E-state index contributed by atoms with van der Waals surface area (Å²) in [6.07, 6.45) is 1.02. The van der Waals surface area contributed by atoms with Crippen molar-refractivity contribution < 1.29 is 4.74 Å². The molecule has 114 valence electrons. The fourth-order valence-corrected chi connectivity index (χ4v) is 2.15. The first-order valence-corrected chi connectivity index (χ1v) is 7.78. The molecule has 0 amide bonds. The summed E-state index contributed by atoms with van der Waals surface area (Å²) in [4.78, 5) is 0. The van der Waals surface area contributed by atoms with Crippen LogP contribution in [0.5, 0.6) is 0 Å². The van der Waals surface area contributed by atoms with Gasteiger partial charge in [0.05, 0.1) is 12.2 Å². The first-order valence-electron chi connectivity index (χ1n) is 7.78. The van der Waals surface area contributed by atoms with Gasteiger partial charge in [-0.2, -0.15) is 0 Å². The molecular formula is C18H31NO. The molecule has 1 aromatic rings. The van der Waals surface area contributed by atoms with Gasteiger partial charge in [0.15, 0.2) is 0 Å². The molecule has 0 radical (unpaired) electrons. The van der Waals surface area contributed by atoms with Crippen LogP contribution in [-0.4, -0.2) is 24.8 Å². The van der Waals surface area contributed by atoms with Crippen molar-refractivity contribution in [1.29, 1.82) is 0 Å². The topological polar surface area (TPSA) is 21.3 Å². The minimum Gasteiger partial charge on any atom is -0.374 e. The van der Waals surface area contributed by atoms with E-state index in [9.17, 15) is 0 Å². The Morgan fingerprint density at radius 3 is 2.15 bits per heavy atom. The van der Waals surface area contributed by atoms with Crippen molar-refractivity contribution in [3.63, 3.8) is 0 Å². The van der Waals surface area contributed by atoms with E-state index in [2.05, 4.69) is 71.1 Å². The smallest absolute Gasteiger partial charge is 0.0629 e. The lowest BCUT2D eigenvalue weighted by molar-refractivity contribution is -0.0141. The summed E-state index contributed by atoms with van der Waals surface area (Å²) in [6.45, 7) is 14.6. The van der Waals surface area contributed by atoms with Gasteiger partial charge in [-0.25, -0.2) is 0 Å². The molecule has 1 rings (SSSR count). The molecule has 20 heavy (non-hydrogen) atoms. The van der Waals surface area contributed by atoms with Gasteiger partial charge in [0.2, 0.25) is 0 Å². The van der Waals surface area contributed by atoms with E-state index < -0.39 is 0 Å².